The fraction of sp³-hybridized carbons (Fsp3) is 0.476. The van der Waals surface area contributed by atoms with Crippen molar-refractivity contribution in [1.82, 2.24) is 24.7 Å². The first kappa shape index (κ1) is 38.2. The van der Waals surface area contributed by atoms with Crippen molar-refractivity contribution in [3.05, 3.63) is 75.7 Å². The van der Waals surface area contributed by atoms with Crippen LogP contribution in [0.5, 0.6) is 5.75 Å². The Kier molecular flexibility index (Phi) is 10.2. The van der Waals surface area contributed by atoms with E-state index in [1.54, 1.807) is 29.3 Å². The lowest BCUT2D eigenvalue weighted by atomic mass is 9.95. The van der Waals surface area contributed by atoms with Crippen molar-refractivity contribution >= 4 is 61.7 Å². The second-order valence-electron chi connectivity index (χ2n) is 16.3. The van der Waals surface area contributed by atoms with Crippen LogP contribution in [0.4, 0.5) is 20.9 Å². The third-order valence-corrected chi connectivity index (χ3v) is 13.1. The van der Waals surface area contributed by atoms with Crippen LogP contribution in [0.1, 0.15) is 78.3 Å². The number of pyridine rings is 1. The number of nitrogens with one attached hydrogen (secondary N) is 2. The molecule has 14 nitrogen and oxygen atoms in total. The van der Waals surface area contributed by atoms with E-state index in [0.717, 1.165) is 85.3 Å². The molecule has 3 saturated heterocycles. The van der Waals surface area contributed by atoms with E-state index in [2.05, 4.69) is 31.4 Å². The lowest BCUT2D eigenvalue weighted by molar-refractivity contribution is -0.136. The molecule has 0 radical (unpaired) electrons. The molecule has 16 heteroatoms. The van der Waals surface area contributed by atoms with Gasteiger partial charge in [-0.2, -0.15) is 0 Å². The number of halogens is 1. The number of fused-ring (bicyclic) bond motifs is 2. The van der Waals surface area contributed by atoms with E-state index < -0.39 is 35.6 Å². The van der Waals surface area contributed by atoms with Crippen molar-refractivity contribution in [3.8, 4) is 5.75 Å². The third kappa shape index (κ3) is 7.54. The Labute approximate surface area is 338 Å². The Morgan fingerprint density at radius 2 is 1.78 bits per heavy atom. The van der Waals surface area contributed by atoms with Gasteiger partial charge < -0.3 is 29.3 Å². The number of piperidine rings is 2. The van der Waals surface area contributed by atoms with Gasteiger partial charge in [-0.05, 0) is 74.9 Å². The number of nitrogens with zero attached hydrogens (tertiary/aromatic N) is 6. The quantitative estimate of drug-likeness (QED) is 0.218. The average molecular weight is 811 g/mol. The zero-order valence-corrected chi connectivity index (χ0v) is 33.4. The lowest BCUT2D eigenvalue weighted by Crippen LogP contribution is -2.52. The van der Waals surface area contributed by atoms with Crippen molar-refractivity contribution in [3.63, 3.8) is 0 Å². The smallest absolute Gasteiger partial charge is 0.274 e. The molecule has 1 aliphatic carbocycles. The molecule has 58 heavy (non-hydrogen) atoms. The van der Waals surface area contributed by atoms with E-state index in [0.29, 0.717) is 42.2 Å². The number of anilines is 3. The van der Waals surface area contributed by atoms with Gasteiger partial charge in [-0.15, -0.1) is 0 Å². The van der Waals surface area contributed by atoms with E-state index in [1.165, 1.54) is 22.0 Å². The summed E-state index contributed by atoms with van der Waals surface area (Å²) < 4.78 is 22.0. The molecule has 4 fully saturated rings. The lowest BCUT2D eigenvalue weighted by Gasteiger charge is -2.39. The van der Waals surface area contributed by atoms with Gasteiger partial charge in [0, 0.05) is 88.7 Å². The summed E-state index contributed by atoms with van der Waals surface area (Å²) in [7, 11) is 0. The SMILES string of the molecule is CC(C)Oc1cc2nc(N3CCN(CC4CCN(c5ccc6c(c5)C(=O)N(C5CCC(=O)NC5=O)C6)CC4)CC3)sc2cc1C(=O)Nc1cccn([C@H]2C[C@H]2F)c1=O. The molecule has 5 aliphatic rings. The molecule has 6 heterocycles. The molecule has 4 amide bonds. The molecule has 2 aromatic carbocycles. The van der Waals surface area contributed by atoms with Gasteiger partial charge in [0.2, 0.25) is 11.8 Å². The standard InChI is InChI=1S/C42H47FN8O6S/c1-24(2)57-35-21-32-36(19-29(35)38(53)44-31-4-3-11-50(41(31)56)34-20-30(34)43)58-42(45-32)49-16-14-47(15-17-49)22-25-9-12-48(13-10-25)27-6-5-26-23-51(40(55)28(26)18-27)33-7-8-37(52)46-39(33)54/h3-6,11,18-19,21,24-25,30,33-34H,7-10,12-17,20,22-23H2,1-2H3,(H,44,53)(H,46,52,54)/t30-,33?,34+/m1/s1. The number of carbonyl (C=O) groups is 4. The maximum Gasteiger partial charge on any atom is 0.274 e. The summed E-state index contributed by atoms with van der Waals surface area (Å²) in [5.41, 5.74) is 3.29. The van der Waals surface area contributed by atoms with Gasteiger partial charge in [0.05, 0.1) is 27.9 Å². The van der Waals surface area contributed by atoms with Crippen LogP contribution in [-0.4, -0.2) is 107 Å². The highest BCUT2D eigenvalue weighted by molar-refractivity contribution is 7.22. The number of benzene rings is 2. The predicted octanol–water partition coefficient (Wildman–Crippen LogP) is 4.58. The van der Waals surface area contributed by atoms with Crippen LogP contribution in [0.2, 0.25) is 0 Å². The number of hydrogen-bond donors (Lipinski definition) is 2. The Balaban J connectivity index is 0.794. The second-order valence-corrected chi connectivity index (χ2v) is 17.4. The molecular weight excluding hydrogens is 764 g/mol. The van der Waals surface area contributed by atoms with E-state index in [-0.39, 0.29) is 30.0 Å². The highest BCUT2D eigenvalue weighted by Crippen LogP contribution is 2.39. The maximum atomic E-state index is 13.7. The summed E-state index contributed by atoms with van der Waals surface area (Å²) in [5.74, 6) is -0.347. The molecule has 0 bridgehead atoms. The van der Waals surface area contributed by atoms with E-state index in [4.69, 9.17) is 9.72 Å². The summed E-state index contributed by atoms with van der Waals surface area (Å²) in [5, 5.41) is 6.00. The van der Waals surface area contributed by atoms with E-state index in [9.17, 15) is 28.4 Å². The fourth-order valence-electron chi connectivity index (χ4n) is 8.70. The topological polar surface area (TPSA) is 149 Å². The number of rotatable bonds is 10. The first-order chi connectivity index (χ1) is 28.0. The zero-order valence-electron chi connectivity index (χ0n) is 32.6. The Morgan fingerprint density at radius 3 is 2.50 bits per heavy atom. The van der Waals surface area contributed by atoms with Crippen LogP contribution in [0.25, 0.3) is 10.2 Å². The van der Waals surface area contributed by atoms with Gasteiger partial charge in [0.15, 0.2) is 5.13 Å². The van der Waals surface area contributed by atoms with E-state index >= 15 is 0 Å². The summed E-state index contributed by atoms with van der Waals surface area (Å²) in [6.07, 6.45) is 3.31. The summed E-state index contributed by atoms with van der Waals surface area (Å²) in [6.45, 7) is 10.5. The van der Waals surface area contributed by atoms with Crippen molar-refractivity contribution in [1.29, 1.82) is 0 Å². The minimum Gasteiger partial charge on any atom is -0.490 e. The predicted molar refractivity (Wildman–Crippen MR) is 219 cm³/mol. The number of ether oxygens (including phenoxy) is 1. The largest absolute Gasteiger partial charge is 0.490 e. The van der Waals surface area contributed by atoms with Crippen LogP contribution in [0.15, 0.2) is 53.5 Å². The number of thiazole rings is 1. The minimum atomic E-state index is -1.05. The van der Waals surface area contributed by atoms with Gasteiger partial charge in [0.1, 0.15) is 23.7 Å². The Hall–Kier alpha value is -5.35. The van der Waals surface area contributed by atoms with Crippen LogP contribution >= 0.6 is 11.3 Å². The molecule has 9 rings (SSSR count). The zero-order chi connectivity index (χ0) is 40.2. The van der Waals surface area contributed by atoms with Crippen molar-refractivity contribution < 1.29 is 28.3 Å². The third-order valence-electron chi connectivity index (χ3n) is 12.0. The van der Waals surface area contributed by atoms with Crippen LogP contribution in [0, 0.1) is 5.92 Å². The Morgan fingerprint density at radius 1 is 1.00 bits per heavy atom. The highest BCUT2D eigenvalue weighted by Gasteiger charge is 2.41. The highest BCUT2D eigenvalue weighted by atomic mass is 32.1. The normalized spacial score (nSPS) is 22.8. The van der Waals surface area contributed by atoms with Gasteiger partial charge in [-0.25, -0.2) is 9.37 Å². The van der Waals surface area contributed by atoms with E-state index in [1.807, 2.05) is 26.0 Å². The number of aromatic nitrogens is 2. The minimum absolute atomic E-state index is 0.0916. The first-order valence-corrected chi connectivity index (χ1v) is 21.1. The van der Waals surface area contributed by atoms with Crippen molar-refractivity contribution in [2.75, 3.05) is 60.9 Å². The number of amides is 4. The van der Waals surface area contributed by atoms with Gasteiger partial charge in [-0.1, -0.05) is 17.4 Å². The molecule has 1 unspecified atom stereocenters. The number of carbonyl (C=O) groups excluding carboxylic acids is 4. The summed E-state index contributed by atoms with van der Waals surface area (Å²) >= 11 is 1.53. The van der Waals surface area contributed by atoms with Crippen molar-refractivity contribution in [2.45, 2.75) is 76.9 Å². The Bertz CT molecular complexity index is 2350. The summed E-state index contributed by atoms with van der Waals surface area (Å²) in [6, 6.07) is 11.7. The van der Waals surface area contributed by atoms with Crippen LogP contribution < -0.4 is 30.7 Å². The molecule has 1 saturated carbocycles. The second kappa shape index (κ2) is 15.4. The molecule has 304 valence electrons. The first-order valence-electron chi connectivity index (χ1n) is 20.3. The molecule has 2 aromatic heterocycles. The van der Waals surface area contributed by atoms with Gasteiger partial charge in [0.25, 0.3) is 17.4 Å². The van der Waals surface area contributed by atoms with Crippen LogP contribution in [0.3, 0.4) is 0 Å². The molecular formula is C42H47FN8O6S. The van der Waals surface area contributed by atoms with Gasteiger partial charge >= 0.3 is 0 Å². The molecule has 2 N–H and O–H groups in total. The fourth-order valence-corrected chi connectivity index (χ4v) is 9.74. The molecule has 4 aromatic rings. The number of imide groups is 1. The summed E-state index contributed by atoms with van der Waals surface area (Å²) in [4.78, 5) is 77.8. The molecule has 4 aliphatic heterocycles. The van der Waals surface area contributed by atoms with Crippen LogP contribution in [-0.2, 0) is 16.1 Å². The van der Waals surface area contributed by atoms with Gasteiger partial charge in [-0.3, -0.25) is 34.2 Å². The number of hydrogen-bond acceptors (Lipinski definition) is 11. The molecule has 0 spiro atoms. The number of alkyl halides is 1. The monoisotopic (exact) mass is 810 g/mol. The maximum absolute atomic E-state index is 13.7. The average Bonchev–Trinajstić information content (AvgIpc) is 3.63. The molecule has 3 atom stereocenters. The number of piperazine rings is 1. The van der Waals surface area contributed by atoms with Crippen molar-refractivity contribution in [2.24, 2.45) is 5.92 Å².